The molecule has 0 aliphatic heterocycles. The zero-order valence-corrected chi connectivity index (χ0v) is 8.78. The molecule has 4 N–H and O–H groups in total. The molecule has 0 spiro atoms. The summed E-state index contributed by atoms with van der Waals surface area (Å²) in [5.41, 5.74) is 6.17. The van der Waals surface area contributed by atoms with Crippen molar-refractivity contribution >= 4 is 0 Å². The first-order valence-corrected chi connectivity index (χ1v) is 4.60. The molecule has 14 heavy (non-hydrogen) atoms. The Bertz CT molecular complexity index is 308. The monoisotopic (exact) mass is 195 g/mol. The molecule has 1 aromatic carbocycles. The van der Waals surface area contributed by atoms with E-state index in [1.807, 2.05) is 20.8 Å². The first-order valence-electron chi connectivity index (χ1n) is 4.60. The zero-order valence-electron chi connectivity index (χ0n) is 8.78. The lowest BCUT2D eigenvalue weighted by Crippen LogP contribution is -2.26. The lowest BCUT2D eigenvalue weighted by Gasteiger charge is -2.28. The molecule has 3 nitrogen and oxygen atoms in total. The molecule has 0 aromatic heterocycles. The van der Waals surface area contributed by atoms with Crippen molar-refractivity contribution in [3.05, 3.63) is 23.8 Å². The lowest BCUT2D eigenvalue weighted by atomic mass is 9.82. The third kappa shape index (κ3) is 1.99. The first kappa shape index (κ1) is 10.9. The molecular weight excluding hydrogens is 178 g/mol. The van der Waals surface area contributed by atoms with Crippen molar-refractivity contribution in [2.75, 3.05) is 0 Å². The average molecular weight is 195 g/mol. The Kier molecular flexibility index (Phi) is 2.71. The molecule has 0 amide bonds. The van der Waals surface area contributed by atoms with Crippen molar-refractivity contribution in [1.29, 1.82) is 0 Å². The number of nitrogens with two attached hydrogens (primary N) is 1. The summed E-state index contributed by atoms with van der Waals surface area (Å²) >= 11 is 0. The fourth-order valence-corrected chi connectivity index (χ4v) is 1.29. The number of rotatable bonds is 1. The smallest absolute Gasteiger partial charge is 0.124 e. The van der Waals surface area contributed by atoms with Gasteiger partial charge >= 0.3 is 0 Å². The van der Waals surface area contributed by atoms with Gasteiger partial charge in [0.05, 0.1) is 5.56 Å². The van der Waals surface area contributed by atoms with Crippen LogP contribution in [0.15, 0.2) is 18.2 Å². The second-order valence-electron chi connectivity index (χ2n) is 4.55. The van der Waals surface area contributed by atoms with Crippen LogP contribution in [0.1, 0.15) is 32.4 Å². The summed E-state index contributed by atoms with van der Waals surface area (Å²) in [5.74, 6) is 0.0971. The Labute approximate surface area is 84.2 Å². The van der Waals surface area contributed by atoms with Crippen LogP contribution in [0.4, 0.5) is 0 Å². The molecule has 0 fully saturated rings. The fourth-order valence-electron chi connectivity index (χ4n) is 1.29. The second kappa shape index (κ2) is 3.50. The molecule has 1 atom stereocenters. The Morgan fingerprint density at radius 2 is 1.57 bits per heavy atom. The number of phenols is 2. The Morgan fingerprint density at radius 3 is 1.93 bits per heavy atom. The van der Waals surface area contributed by atoms with Crippen molar-refractivity contribution < 1.29 is 10.2 Å². The van der Waals surface area contributed by atoms with E-state index in [9.17, 15) is 10.2 Å². The van der Waals surface area contributed by atoms with Gasteiger partial charge in [-0.2, -0.15) is 0 Å². The van der Waals surface area contributed by atoms with Crippen LogP contribution in [-0.4, -0.2) is 10.2 Å². The quantitative estimate of drug-likeness (QED) is 0.643. The van der Waals surface area contributed by atoms with Gasteiger partial charge in [0.25, 0.3) is 0 Å². The van der Waals surface area contributed by atoms with Crippen LogP contribution >= 0.6 is 0 Å². The van der Waals surface area contributed by atoms with E-state index in [1.165, 1.54) is 12.1 Å². The van der Waals surface area contributed by atoms with Crippen LogP contribution in [-0.2, 0) is 0 Å². The molecule has 78 valence electrons. The summed E-state index contributed by atoms with van der Waals surface area (Å²) in [6.45, 7) is 5.89. The fraction of sp³-hybridized carbons (Fsp3) is 0.455. The summed E-state index contributed by atoms with van der Waals surface area (Å²) in [7, 11) is 0. The Hall–Kier alpha value is -1.22. The van der Waals surface area contributed by atoms with Gasteiger partial charge in [-0.15, -0.1) is 0 Å². The molecule has 0 radical (unpaired) electrons. The van der Waals surface area contributed by atoms with E-state index in [0.717, 1.165) is 0 Å². The molecule has 0 saturated heterocycles. The molecule has 0 unspecified atom stereocenters. The van der Waals surface area contributed by atoms with E-state index in [2.05, 4.69) is 0 Å². The van der Waals surface area contributed by atoms with E-state index in [-0.39, 0.29) is 23.0 Å². The van der Waals surface area contributed by atoms with Crippen molar-refractivity contribution in [2.45, 2.75) is 26.8 Å². The van der Waals surface area contributed by atoms with Crippen molar-refractivity contribution in [2.24, 2.45) is 11.1 Å². The molecule has 0 aliphatic carbocycles. The van der Waals surface area contributed by atoms with Crippen LogP contribution in [0.5, 0.6) is 11.5 Å². The van der Waals surface area contributed by atoms with E-state index >= 15 is 0 Å². The van der Waals surface area contributed by atoms with Crippen LogP contribution < -0.4 is 5.73 Å². The van der Waals surface area contributed by atoms with Crippen LogP contribution in [0.2, 0.25) is 0 Å². The van der Waals surface area contributed by atoms with Crippen LogP contribution in [0.3, 0.4) is 0 Å². The van der Waals surface area contributed by atoms with E-state index in [0.29, 0.717) is 5.56 Å². The highest BCUT2D eigenvalue weighted by Gasteiger charge is 2.26. The maximum Gasteiger partial charge on any atom is 0.124 e. The maximum atomic E-state index is 9.59. The number of hydrogen-bond donors (Lipinski definition) is 3. The molecule has 3 heteroatoms. The summed E-state index contributed by atoms with van der Waals surface area (Å²) in [6, 6.07) is 4.26. The molecular formula is C11H17NO2. The summed E-state index contributed by atoms with van der Waals surface area (Å²) in [6.07, 6.45) is 0. The van der Waals surface area contributed by atoms with E-state index < -0.39 is 0 Å². The Balaban J connectivity index is 3.19. The molecule has 1 rings (SSSR count). The third-order valence-electron chi connectivity index (χ3n) is 2.30. The maximum absolute atomic E-state index is 9.59. The minimum Gasteiger partial charge on any atom is -0.507 e. The normalized spacial score (nSPS) is 14.0. The molecule has 0 bridgehead atoms. The average Bonchev–Trinajstić information content (AvgIpc) is 2.01. The van der Waals surface area contributed by atoms with Gasteiger partial charge in [-0.1, -0.05) is 26.8 Å². The SMILES string of the molecule is CC(C)(C)[C@H](N)c1c(O)cccc1O. The number of aromatic hydroxyl groups is 2. The van der Waals surface area contributed by atoms with Gasteiger partial charge in [0.15, 0.2) is 0 Å². The highest BCUT2D eigenvalue weighted by atomic mass is 16.3. The van der Waals surface area contributed by atoms with E-state index in [1.54, 1.807) is 6.07 Å². The highest BCUT2D eigenvalue weighted by molar-refractivity contribution is 5.45. The van der Waals surface area contributed by atoms with Gasteiger partial charge in [0.1, 0.15) is 11.5 Å². The molecule has 0 saturated carbocycles. The summed E-state index contributed by atoms with van der Waals surface area (Å²) in [4.78, 5) is 0. The van der Waals surface area contributed by atoms with Crippen molar-refractivity contribution in [3.8, 4) is 11.5 Å². The standard InChI is InChI=1S/C11H17NO2/c1-11(2,3)10(12)9-7(13)5-4-6-8(9)14/h4-6,10,13-14H,12H2,1-3H3/t10-/m1/s1. The number of hydrogen-bond acceptors (Lipinski definition) is 3. The summed E-state index contributed by atoms with van der Waals surface area (Å²) in [5, 5.41) is 19.2. The lowest BCUT2D eigenvalue weighted by molar-refractivity contribution is 0.307. The Morgan fingerprint density at radius 1 is 1.14 bits per heavy atom. The second-order valence-corrected chi connectivity index (χ2v) is 4.55. The molecule has 1 aromatic rings. The third-order valence-corrected chi connectivity index (χ3v) is 2.30. The predicted molar refractivity (Wildman–Crippen MR) is 56.2 cm³/mol. The minimum absolute atomic E-state index is 0.0485. The van der Waals surface area contributed by atoms with Crippen molar-refractivity contribution in [3.63, 3.8) is 0 Å². The largest absolute Gasteiger partial charge is 0.507 e. The zero-order chi connectivity index (χ0) is 10.9. The van der Waals surface area contributed by atoms with E-state index in [4.69, 9.17) is 5.73 Å². The van der Waals surface area contributed by atoms with Crippen LogP contribution in [0, 0.1) is 5.41 Å². The van der Waals surface area contributed by atoms with Crippen molar-refractivity contribution in [1.82, 2.24) is 0 Å². The first-order chi connectivity index (χ1) is 6.34. The highest BCUT2D eigenvalue weighted by Crippen LogP contribution is 2.39. The number of phenolic OH excluding ortho intramolecular Hbond substituents is 2. The number of benzene rings is 1. The molecule has 0 heterocycles. The minimum atomic E-state index is -0.385. The molecule has 0 aliphatic rings. The van der Waals surface area contributed by atoms with Gasteiger partial charge in [-0.3, -0.25) is 0 Å². The summed E-state index contributed by atoms with van der Waals surface area (Å²) < 4.78 is 0. The van der Waals surface area contributed by atoms with Gasteiger partial charge in [-0.25, -0.2) is 0 Å². The topological polar surface area (TPSA) is 66.5 Å². The van der Waals surface area contributed by atoms with Gasteiger partial charge in [0.2, 0.25) is 0 Å². The van der Waals surface area contributed by atoms with Gasteiger partial charge < -0.3 is 15.9 Å². The van der Waals surface area contributed by atoms with Crippen LogP contribution in [0.25, 0.3) is 0 Å². The van der Waals surface area contributed by atoms with Gasteiger partial charge in [0, 0.05) is 6.04 Å². The van der Waals surface area contributed by atoms with Gasteiger partial charge in [-0.05, 0) is 17.5 Å². The predicted octanol–water partition coefficient (Wildman–Crippen LogP) is 2.14.